The van der Waals surface area contributed by atoms with Crippen LogP contribution in [0.25, 0.3) is 0 Å². The van der Waals surface area contributed by atoms with Crippen LogP contribution in [0.3, 0.4) is 0 Å². The van der Waals surface area contributed by atoms with Crippen molar-refractivity contribution in [1.29, 1.82) is 0 Å². The van der Waals surface area contributed by atoms with Gasteiger partial charge in [-0.3, -0.25) is 9.69 Å². The third-order valence-electron chi connectivity index (χ3n) is 4.55. The van der Waals surface area contributed by atoms with Gasteiger partial charge in [0.1, 0.15) is 0 Å². The fraction of sp³-hybridized carbons (Fsp3) is 0.562. The van der Waals surface area contributed by atoms with Gasteiger partial charge >= 0.3 is 0 Å². The summed E-state index contributed by atoms with van der Waals surface area (Å²) in [5.74, 6) is 0.118. The number of piperazine rings is 1. The molecular formula is C16H23Cl2N3O. The number of halogens is 2. The minimum atomic E-state index is 0. The lowest BCUT2D eigenvalue weighted by atomic mass is 10.1. The van der Waals surface area contributed by atoms with E-state index in [2.05, 4.69) is 10.2 Å². The maximum Gasteiger partial charge on any atom is 0.254 e. The highest BCUT2D eigenvalue weighted by Crippen LogP contribution is 2.22. The average molecular weight is 344 g/mol. The van der Waals surface area contributed by atoms with E-state index < -0.39 is 0 Å². The fourth-order valence-electron chi connectivity index (χ4n) is 3.27. The van der Waals surface area contributed by atoms with Gasteiger partial charge in [0.05, 0.1) is 0 Å². The molecule has 0 aliphatic carbocycles. The van der Waals surface area contributed by atoms with Gasteiger partial charge in [-0.1, -0.05) is 17.7 Å². The van der Waals surface area contributed by atoms with E-state index in [4.69, 9.17) is 11.6 Å². The van der Waals surface area contributed by atoms with Crippen LogP contribution in [-0.2, 0) is 0 Å². The SMILES string of the molecule is Cc1ccc(Cl)cc1C(=O)N1CCC(N2CCNCC2)C1.Cl. The molecule has 122 valence electrons. The largest absolute Gasteiger partial charge is 0.337 e. The van der Waals surface area contributed by atoms with E-state index >= 15 is 0 Å². The second-order valence-corrected chi connectivity index (χ2v) is 6.38. The van der Waals surface area contributed by atoms with Crippen LogP contribution in [0.1, 0.15) is 22.3 Å². The van der Waals surface area contributed by atoms with Crippen LogP contribution < -0.4 is 5.32 Å². The number of carbonyl (C=O) groups is 1. The number of carbonyl (C=O) groups excluding carboxylic acids is 1. The Bertz CT molecular complexity index is 532. The van der Waals surface area contributed by atoms with Crippen molar-refractivity contribution in [3.05, 3.63) is 34.3 Å². The number of amides is 1. The first kappa shape index (κ1) is 17.5. The molecule has 0 saturated carbocycles. The van der Waals surface area contributed by atoms with Gasteiger partial charge in [-0.25, -0.2) is 0 Å². The van der Waals surface area contributed by atoms with Crippen LogP contribution in [-0.4, -0.2) is 61.0 Å². The normalized spacial score (nSPS) is 22.5. The number of likely N-dealkylation sites (tertiary alicyclic amines) is 1. The molecule has 2 aliphatic heterocycles. The summed E-state index contributed by atoms with van der Waals surface area (Å²) < 4.78 is 0. The number of rotatable bonds is 2. The predicted octanol–water partition coefficient (Wildman–Crippen LogP) is 2.19. The summed E-state index contributed by atoms with van der Waals surface area (Å²) in [5.41, 5.74) is 1.73. The maximum absolute atomic E-state index is 12.7. The summed E-state index contributed by atoms with van der Waals surface area (Å²) in [6, 6.07) is 6.05. The zero-order chi connectivity index (χ0) is 14.8. The van der Waals surface area contributed by atoms with Crippen molar-refractivity contribution in [2.24, 2.45) is 0 Å². The Balaban J connectivity index is 0.00000176. The molecular weight excluding hydrogens is 321 g/mol. The Kier molecular flexibility index (Phi) is 6.09. The molecule has 2 saturated heterocycles. The quantitative estimate of drug-likeness (QED) is 0.893. The molecule has 1 aromatic rings. The Labute approximate surface area is 143 Å². The Morgan fingerprint density at radius 3 is 2.73 bits per heavy atom. The van der Waals surface area contributed by atoms with Gasteiger partial charge in [0, 0.05) is 55.9 Å². The number of hydrogen-bond donors (Lipinski definition) is 1. The third kappa shape index (κ3) is 3.74. The van der Waals surface area contributed by atoms with Gasteiger partial charge in [-0.05, 0) is 31.0 Å². The first-order valence-electron chi connectivity index (χ1n) is 7.65. The number of nitrogens with one attached hydrogen (secondary N) is 1. The molecule has 2 aliphatic rings. The first-order chi connectivity index (χ1) is 10.1. The minimum absolute atomic E-state index is 0. The van der Waals surface area contributed by atoms with Crippen molar-refractivity contribution in [1.82, 2.24) is 15.1 Å². The van der Waals surface area contributed by atoms with Gasteiger partial charge in [0.25, 0.3) is 5.91 Å². The molecule has 1 atom stereocenters. The summed E-state index contributed by atoms with van der Waals surface area (Å²) in [6.45, 7) is 7.93. The summed E-state index contributed by atoms with van der Waals surface area (Å²) in [7, 11) is 0. The smallest absolute Gasteiger partial charge is 0.254 e. The van der Waals surface area contributed by atoms with E-state index in [9.17, 15) is 4.79 Å². The summed E-state index contributed by atoms with van der Waals surface area (Å²) >= 11 is 6.03. The van der Waals surface area contributed by atoms with Crippen molar-refractivity contribution in [2.45, 2.75) is 19.4 Å². The van der Waals surface area contributed by atoms with Gasteiger partial charge in [0.15, 0.2) is 0 Å². The standard InChI is InChI=1S/C16H22ClN3O.ClH/c1-12-2-3-13(17)10-15(12)16(21)20-7-4-14(11-20)19-8-5-18-6-9-19;/h2-3,10,14,18H,4-9,11H2,1H3;1H. The Morgan fingerprint density at radius 1 is 1.27 bits per heavy atom. The monoisotopic (exact) mass is 343 g/mol. The molecule has 4 nitrogen and oxygen atoms in total. The van der Waals surface area contributed by atoms with Crippen LogP contribution >= 0.6 is 24.0 Å². The van der Waals surface area contributed by atoms with Gasteiger partial charge in [-0.2, -0.15) is 0 Å². The Morgan fingerprint density at radius 2 is 2.00 bits per heavy atom. The summed E-state index contributed by atoms with van der Waals surface area (Å²) in [6.07, 6.45) is 1.07. The Hall–Kier alpha value is -0.810. The van der Waals surface area contributed by atoms with E-state index in [1.807, 2.05) is 24.0 Å². The lowest BCUT2D eigenvalue weighted by molar-refractivity contribution is 0.0773. The van der Waals surface area contributed by atoms with E-state index in [0.717, 1.165) is 56.8 Å². The zero-order valence-electron chi connectivity index (χ0n) is 12.8. The number of hydrogen-bond acceptors (Lipinski definition) is 3. The fourth-order valence-corrected chi connectivity index (χ4v) is 3.44. The van der Waals surface area contributed by atoms with Crippen LogP contribution in [0, 0.1) is 6.92 Å². The third-order valence-corrected chi connectivity index (χ3v) is 4.78. The van der Waals surface area contributed by atoms with Crippen molar-refractivity contribution in [3.8, 4) is 0 Å². The highest BCUT2D eigenvalue weighted by atomic mass is 35.5. The highest BCUT2D eigenvalue weighted by molar-refractivity contribution is 6.31. The molecule has 1 unspecified atom stereocenters. The molecule has 1 N–H and O–H groups in total. The number of benzene rings is 1. The van der Waals surface area contributed by atoms with E-state index in [-0.39, 0.29) is 18.3 Å². The summed E-state index contributed by atoms with van der Waals surface area (Å²) in [4.78, 5) is 17.2. The van der Waals surface area contributed by atoms with Crippen LogP contribution in [0.2, 0.25) is 5.02 Å². The van der Waals surface area contributed by atoms with Gasteiger partial charge in [-0.15, -0.1) is 12.4 Å². The molecule has 22 heavy (non-hydrogen) atoms. The lowest BCUT2D eigenvalue weighted by Crippen LogP contribution is -2.49. The van der Waals surface area contributed by atoms with Crippen molar-refractivity contribution in [3.63, 3.8) is 0 Å². The molecule has 6 heteroatoms. The average Bonchev–Trinajstić information content (AvgIpc) is 3.00. The van der Waals surface area contributed by atoms with E-state index in [1.165, 1.54) is 0 Å². The van der Waals surface area contributed by atoms with Crippen molar-refractivity contribution < 1.29 is 4.79 Å². The molecule has 3 rings (SSSR count). The summed E-state index contributed by atoms with van der Waals surface area (Å²) in [5, 5.41) is 4.00. The van der Waals surface area contributed by atoms with Crippen LogP contribution in [0.15, 0.2) is 18.2 Å². The molecule has 2 fully saturated rings. The molecule has 1 amide bonds. The molecule has 0 radical (unpaired) electrons. The minimum Gasteiger partial charge on any atom is -0.337 e. The lowest BCUT2D eigenvalue weighted by Gasteiger charge is -2.32. The van der Waals surface area contributed by atoms with Crippen molar-refractivity contribution >= 4 is 29.9 Å². The predicted molar refractivity (Wildman–Crippen MR) is 92.2 cm³/mol. The maximum atomic E-state index is 12.7. The topological polar surface area (TPSA) is 35.6 Å². The van der Waals surface area contributed by atoms with Crippen LogP contribution in [0.4, 0.5) is 0 Å². The highest BCUT2D eigenvalue weighted by Gasteiger charge is 2.31. The van der Waals surface area contributed by atoms with Crippen LogP contribution in [0.5, 0.6) is 0 Å². The van der Waals surface area contributed by atoms with Gasteiger partial charge < -0.3 is 10.2 Å². The second kappa shape index (κ2) is 7.64. The second-order valence-electron chi connectivity index (χ2n) is 5.94. The number of nitrogens with zero attached hydrogens (tertiary/aromatic N) is 2. The molecule has 1 aromatic carbocycles. The molecule has 0 aromatic heterocycles. The van der Waals surface area contributed by atoms with E-state index in [0.29, 0.717) is 11.1 Å². The van der Waals surface area contributed by atoms with Crippen molar-refractivity contribution in [2.75, 3.05) is 39.3 Å². The number of aryl methyl sites for hydroxylation is 1. The molecule has 0 spiro atoms. The zero-order valence-corrected chi connectivity index (χ0v) is 14.4. The first-order valence-corrected chi connectivity index (χ1v) is 8.03. The van der Waals surface area contributed by atoms with Gasteiger partial charge in [0.2, 0.25) is 0 Å². The molecule has 0 bridgehead atoms. The molecule has 2 heterocycles. The van der Waals surface area contributed by atoms with E-state index in [1.54, 1.807) is 6.07 Å².